The Morgan fingerprint density at radius 1 is 1.37 bits per heavy atom. The van der Waals surface area contributed by atoms with Crippen LogP contribution in [0, 0.1) is 5.92 Å². The normalized spacial score (nSPS) is 14.8. The number of aromatic nitrogens is 1. The topological polar surface area (TPSA) is 70.5 Å². The second-order valence-electron chi connectivity index (χ2n) is 5.03. The summed E-state index contributed by atoms with van der Waals surface area (Å²) in [6.45, 7) is 0.697. The molecule has 1 N–H and O–H groups in total. The Hall–Kier alpha value is -1.91. The molecule has 0 atom stereocenters. The molecule has 5 heteroatoms. The van der Waals surface area contributed by atoms with Gasteiger partial charge in [-0.1, -0.05) is 25.3 Å². The number of aromatic carboxylic acids is 1. The molecule has 102 valence electrons. The number of carboxylic acid groups (broad SMARTS) is 1. The van der Waals surface area contributed by atoms with Crippen LogP contribution in [0.1, 0.15) is 46.7 Å². The van der Waals surface area contributed by atoms with Crippen LogP contribution in [0.25, 0.3) is 0 Å². The highest BCUT2D eigenvalue weighted by molar-refractivity contribution is 5.94. The summed E-state index contributed by atoms with van der Waals surface area (Å²) in [4.78, 5) is 28.4. The van der Waals surface area contributed by atoms with Crippen LogP contribution in [0.2, 0.25) is 0 Å². The molecule has 0 radical (unpaired) electrons. The molecule has 19 heavy (non-hydrogen) atoms. The number of hydrogen-bond acceptors (Lipinski definition) is 3. The SMILES string of the molecule is CN(CCC1CCC1)C(=O)c1cccc(C(=O)O)n1. The Balaban J connectivity index is 1.97. The monoisotopic (exact) mass is 262 g/mol. The minimum Gasteiger partial charge on any atom is -0.477 e. The average Bonchev–Trinajstić information content (AvgIpc) is 2.36. The summed E-state index contributed by atoms with van der Waals surface area (Å²) in [5.74, 6) is -0.595. The van der Waals surface area contributed by atoms with Crippen LogP contribution < -0.4 is 0 Å². The van der Waals surface area contributed by atoms with Crippen molar-refractivity contribution in [1.82, 2.24) is 9.88 Å². The Bertz CT molecular complexity index is 483. The standard InChI is InChI=1S/C14H18N2O3/c1-16(9-8-10-4-2-5-10)13(17)11-6-3-7-12(15-11)14(18)19/h3,6-7,10H,2,4-5,8-9H2,1H3,(H,18,19). The quantitative estimate of drug-likeness (QED) is 0.881. The van der Waals surface area contributed by atoms with E-state index < -0.39 is 5.97 Å². The molecule has 0 aliphatic heterocycles. The van der Waals surface area contributed by atoms with Gasteiger partial charge in [0.15, 0.2) is 0 Å². The molecule has 0 unspecified atom stereocenters. The summed E-state index contributed by atoms with van der Waals surface area (Å²) in [5, 5.41) is 8.86. The third-order valence-electron chi connectivity index (χ3n) is 3.63. The number of carbonyl (C=O) groups is 2. The zero-order valence-electron chi connectivity index (χ0n) is 11.0. The molecule has 1 aliphatic rings. The second-order valence-corrected chi connectivity index (χ2v) is 5.03. The number of carbonyl (C=O) groups excluding carboxylic acids is 1. The first kappa shape index (κ1) is 13.5. The molecule has 0 saturated heterocycles. The van der Waals surface area contributed by atoms with E-state index in [-0.39, 0.29) is 17.3 Å². The van der Waals surface area contributed by atoms with Crippen molar-refractivity contribution in [2.24, 2.45) is 5.92 Å². The molecule has 1 heterocycles. The molecule has 0 aromatic carbocycles. The lowest BCUT2D eigenvalue weighted by Crippen LogP contribution is -2.30. The maximum absolute atomic E-state index is 12.1. The third-order valence-corrected chi connectivity index (χ3v) is 3.63. The van der Waals surface area contributed by atoms with Gasteiger partial charge in [-0.05, 0) is 24.5 Å². The van der Waals surface area contributed by atoms with Crippen molar-refractivity contribution in [1.29, 1.82) is 0 Å². The Morgan fingerprint density at radius 3 is 2.63 bits per heavy atom. The lowest BCUT2D eigenvalue weighted by atomic mass is 9.83. The van der Waals surface area contributed by atoms with Crippen molar-refractivity contribution < 1.29 is 14.7 Å². The molecule has 1 amide bonds. The van der Waals surface area contributed by atoms with Crippen LogP contribution in [-0.2, 0) is 0 Å². The van der Waals surface area contributed by atoms with Crippen molar-refractivity contribution in [3.8, 4) is 0 Å². The van der Waals surface area contributed by atoms with E-state index >= 15 is 0 Å². The molecule has 1 aromatic rings. The van der Waals surface area contributed by atoms with Crippen molar-refractivity contribution in [3.63, 3.8) is 0 Å². The fraction of sp³-hybridized carbons (Fsp3) is 0.500. The smallest absolute Gasteiger partial charge is 0.354 e. The first-order valence-electron chi connectivity index (χ1n) is 6.53. The van der Waals surface area contributed by atoms with E-state index in [9.17, 15) is 9.59 Å². The van der Waals surface area contributed by atoms with Crippen molar-refractivity contribution in [2.75, 3.05) is 13.6 Å². The largest absolute Gasteiger partial charge is 0.477 e. The lowest BCUT2D eigenvalue weighted by molar-refractivity contribution is 0.0690. The van der Waals surface area contributed by atoms with E-state index in [1.54, 1.807) is 24.1 Å². The van der Waals surface area contributed by atoms with Gasteiger partial charge in [0.1, 0.15) is 11.4 Å². The Morgan fingerprint density at radius 2 is 2.05 bits per heavy atom. The first-order chi connectivity index (χ1) is 9.08. The molecule has 1 aliphatic carbocycles. The number of carboxylic acids is 1. The molecule has 0 spiro atoms. The summed E-state index contributed by atoms with van der Waals surface area (Å²) >= 11 is 0. The van der Waals surface area contributed by atoms with Crippen LogP contribution >= 0.6 is 0 Å². The molecule has 1 fully saturated rings. The van der Waals surface area contributed by atoms with E-state index in [0.29, 0.717) is 6.54 Å². The van der Waals surface area contributed by atoms with Gasteiger partial charge in [0.25, 0.3) is 5.91 Å². The molecule has 1 saturated carbocycles. The Kier molecular flexibility index (Phi) is 4.14. The van der Waals surface area contributed by atoms with Crippen LogP contribution in [0.4, 0.5) is 0 Å². The van der Waals surface area contributed by atoms with Crippen LogP contribution in [0.5, 0.6) is 0 Å². The summed E-state index contributed by atoms with van der Waals surface area (Å²) in [6.07, 6.45) is 4.83. The molecule has 2 rings (SSSR count). The highest BCUT2D eigenvalue weighted by atomic mass is 16.4. The number of pyridine rings is 1. The van der Waals surface area contributed by atoms with Gasteiger partial charge < -0.3 is 10.0 Å². The number of rotatable bonds is 5. The van der Waals surface area contributed by atoms with Crippen molar-refractivity contribution >= 4 is 11.9 Å². The fourth-order valence-electron chi connectivity index (χ4n) is 2.13. The lowest BCUT2D eigenvalue weighted by Gasteiger charge is -2.27. The maximum atomic E-state index is 12.1. The van der Waals surface area contributed by atoms with Gasteiger partial charge in [0, 0.05) is 13.6 Å². The van der Waals surface area contributed by atoms with Gasteiger partial charge >= 0.3 is 5.97 Å². The zero-order valence-corrected chi connectivity index (χ0v) is 11.0. The molecular formula is C14H18N2O3. The molecule has 5 nitrogen and oxygen atoms in total. The van der Waals surface area contributed by atoms with Crippen molar-refractivity contribution in [3.05, 3.63) is 29.6 Å². The predicted octanol–water partition coefficient (Wildman–Crippen LogP) is 2.04. The van der Waals surface area contributed by atoms with Crippen LogP contribution in [0.3, 0.4) is 0 Å². The van der Waals surface area contributed by atoms with E-state index in [1.807, 2.05) is 0 Å². The molecule has 0 bridgehead atoms. The van der Waals surface area contributed by atoms with Gasteiger partial charge in [0.05, 0.1) is 0 Å². The summed E-state index contributed by atoms with van der Waals surface area (Å²) in [7, 11) is 1.73. The highest BCUT2D eigenvalue weighted by Crippen LogP contribution is 2.29. The second kappa shape index (κ2) is 5.82. The van der Waals surface area contributed by atoms with E-state index in [0.717, 1.165) is 12.3 Å². The minimum atomic E-state index is -1.12. The third kappa shape index (κ3) is 3.30. The van der Waals surface area contributed by atoms with Gasteiger partial charge in [-0.15, -0.1) is 0 Å². The van der Waals surface area contributed by atoms with Gasteiger partial charge in [-0.25, -0.2) is 9.78 Å². The number of amides is 1. The predicted molar refractivity (Wildman–Crippen MR) is 70.1 cm³/mol. The van der Waals surface area contributed by atoms with Gasteiger partial charge in [-0.3, -0.25) is 4.79 Å². The Labute approximate surface area is 112 Å². The fourth-order valence-corrected chi connectivity index (χ4v) is 2.13. The summed E-state index contributed by atoms with van der Waals surface area (Å²) in [6, 6.07) is 4.48. The van der Waals surface area contributed by atoms with Gasteiger partial charge in [-0.2, -0.15) is 0 Å². The highest BCUT2D eigenvalue weighted by Gasteiger charge is 2.20. The zero-order chi connectivity index (χ0) is 13.8. The van der Waals surface area contributed by atoms with Gasteiger partial charge in [0.2, 0.25) is 0 Å². The first-order valence-corrected chi connectivity index (χ1v) is 6.53. The number of nitrogens with zero attached hydrogens (tertiary/aromatic N) is 2. The van der Waals surface area contributed by atoms with Crippen molar-refractivity contribution in [2.45, 2.75) is 25.7 Å². The van der Waals surface area contributed by atoms with Crippen LogP contribution in [0.15, 0.2) is 18.2 Å². The van der Waals surface area contributed by atoms with E-state index in [4.69, 9.17) is 5.11 Å². The van der Waals surface area contributed by atoms with E-state index in [1.165, 1.54) is 25.3 Å². The number of hydrogen-bond donors (Lipinski definition) is 1. The molecular weight excluding hydrogens is 244 g/mol. The summed E-state index contributed by atoms with van der Waals surface area (Å²) < 4.78 is 0. The summed E-state index contributed by atoms with van der Waals surface area (Å²) in [5.41, 5.74) is 0.0919. The van der Waals surface area contributed by atoms with E-state index in [2.05, 4.69) is 4.98 Å². The maximum Gasteiger partial charge on any atom is 0.354 e. The average molecular weight is 262 g/mol. The van der Waals surface area contributed by atoms with Crippen LogP contribution in [-0.4, -0.2) is 40.5 Å². The minimum absolute atomic E-state index is 0.0988. The molecule has 1 aromatic heterocycles.